The zero-order valence-corrected chi connectivity index (χ0v) is 15.3. The molecule has 0 aromatic heterocycles. The van der Waals surface area contributed by atoms with Gasteiger partial charge in [-0.05, 0) is 64.5 Å². The lowest BCUT2D eigenvalue weighted by atomic mass is 9.77. The summed E-state index contributed by atoms with van der Waals surface area (Å²) in [5.74, 6) is 0.689. The van der Waals surface area contributed by atoms with E-state index in [1.165, 1.54) is 22.4 Å². The number of aromatic hydroxyl groups is 1. The summed E-state index contributed by atoms with van der Waals surface area (Å²) in [7, 11) is 0. The van der Waals surface area contributed by atoms with Crippen molar-refractivity contribution < 1.29 is 9.84 Å². The van der Waals surface area contributed by atoms with Gasteiger partial charge in [0.25, 0.3) is 0 Å². The average molecular weight is 388 g/mol. The van der Waals surface area contributed by atoms with E-state index >= 15 is 0 Å². The van der Waals surface area contributed by atoms with Crippen molar-refractivity contribution in [1.29, 1.82) is 0 Å². The van der Waals surface area contributed by atoms with Gasteiger partial charge in [0, 0.05) is 23.8 Å². The second kappa shape index (κ2) is 6.41. The van der Waals surface area contributed by atoms with Crippen LogP contribution in [0.2, 0.25) is 0 Å². The van der Waals surface area contributed by atoms with Crippen molar-refractivity contribution in [2.24, 2.45) is 5.92 Å². The predicted molar refractivity (Wildman–Crippen MR) is 99.4 cm³/mol. The van der Waals surface area contributed by atoms with Crippen LogP contribution in [0.5, 0.6) is 5.75 Å². The van der Waals surface area contributed by atoms with Crippen LogP contribution in [-0.2, 0) is 11.2 Å². The molecule has 3 atom stereocenters. The van der Waals surface area contributed by atoms with Gasteiger partial charge in [0.05, 0.1) is 16.6 Å². The first kappa shape index (κ1) is 16.0. The molecule has 0 spiro atoms. The van der Waals surface area contributed by atoms with E-state index < -0.39 is 0 Å². The number of nitrogens with one attached hydrogen (secondary N) is 1. The first-order valence-corrected chi connectivity index (χ1v) is 9.46. The Kier molecular flexibility index (Phi) is 4.27. The molecule has 4 rings (SSSR count). The molecule has 0 radical (unpaired) electrons. The maximum atomic E-state index is 9.80. The summed E-state index contributed by atoms with van der Waals surface area (Å²) < 4.78 is 6.95. The molecular formula is C20H22BrNO2. The maximum Gasteiger partial charge on any atom is 0.129 e. The minimum Gasteiger partial charge on any atom is -0.507 e. The molecule has 126 valence electrons. The van der Waals surface area contributed by atoms with Crippen LogP contribution in [0.3, 0.4) is 0 Å². The topological polar surface area (TPSA) is 41.5 Å². The van der Waals surface area contributed by atoms with Gasteiger partial charge in [0.2, 0.25) is 0 Å². The van der Waals surface area contributed by atoms with Crippen LogP contribution < -0.4 is 5.32 Å². The number of hydrogen-bond acceptors (Lipinski definition) is 3. The number of rotatable bonds is 2. The third-order valence-corrected chi connectivity index (χ3v) is 5.90. The highest BCUT2D eigenvalue weighted by molar-refractivity contribution is 9.10. The van der Waals surface area contributed by atoms with Crippen molar-refractivity contribution >= 4 is 21.6 Å². The average Bonchev–Trinajstić information content (AvgIpc) is 2.63. The number of halogens is 1. The monoisotopic (exact) mass is 387 g/mol. The van der Waals surface area contributed by atoms with E-state index in [2.05, 4.69) is 46.4 Å². The normalized spacial score (nSPS) is 25.5. The first-order valence-electron chi connectivity index (χ1n) is 8.66. The van der Waals surface area contributed by atoms with Crippen LogP contribution in [0.15, 0.2) is 40.9 Å². The number of aryl methyl sites for hydroxylation is 1. The van der Waals surface area contributed by atoms with Gasteiger partial charge in [0.15, 0.2) is 0 Å². The Morgan fingerprint density at radius 2 is 2.12 bits per heavy atom. The number of ether oxygens (including phenoxy) is 1. The summed E-state index contributed by atoms with van der Waals surface area (Å²) in [6.07, 6.45) is 3.44. The highest BCUT2D eigenvalue weighted by Gasteiger charge is 2.39. The minimum atomic E-state index is 0.152. The Balaban J connectivity index is 1.77. The summed E-state index contributed by atoms with van der Waals surface area (Å²) in [4.78, 5) is 0. The number of fused-ring (bicyclic) bond motifs is 3. The molecule has 2 heterocycles. The van der Waals surface area contributed by atoms with Gasteiger partial charge in [-0.15, -0.1) is 0 Å². The highest BCUT2D eigenvalue weighted by atomic mass is 79.9. The zero-order chi connectivity index (χ0) is 16.7. The Labute approximate surface area is 151 Å². The van der Waals surface area contributed by atoms with Crippen LogP contribution in [0.1, 0.15) is 48.6 Å². The fourth-order valence-electron chi connectivity index (χ4n) is 3.99. The van der Waals surface area contributed by atoms with Gasteiger partial charge in [-0.2, -0.15) is 0 Å². The van der Waals surface area contributed by atoms with E-state index in [4.69, 9.17) is 4.74 Å². The van der Waals surface area contributed by atoms with E-state index in [1.807, 2.05) is 12.1 Å². The third kappa shape index (κ3) is 2.72. The van der Waals surface area contributed by atoms with Crippen LogP contribution in [0.25, 0.3) is 0 Å². The van der Waals surface area contributed by atoms with Crippen molar-refractivity contribution in [1.82, 2.24) is 0 Å². The van der Waals surface area contributed by atoms with Crippen LogP contribution >= 0.6 is 15.9 Å². The van der Waals surface area contributed by atoms with Gasteiger partial charge >= 0.3 is 0 Å². The minimum absolute atomic E-state index is 0.152. The van der Waals surface area contributed by atoms with E-state index in [0.717, 1.165) is 30.3 Å². The summed E-state index contributed by atoms with van der Waals surface area (Å²) in [5.41, 5.74) is 5.01. The second-order valence-corrected chi connectivity index (χ2v) is 7.56. The molecule has 2 aromatic carbocycles. The van der Waals surface area contributed by atoms with Crippen molar-refractivity contribution in [2.45, 2.75) is 38.3 Å². The van der Waals surface area contributed by atoms with Crippen LogP contribution in [0, 0.1) is 5.92 Å². The number of phenols is 1. The van der Waals surface area contributed by atoms with Crippen LogP contribution in [-0.4, -0.2) is 11.7 Å². The Hall–Kier alpha value is -1.52. The van der Waals surface area contributed by atoms with E-state index in [0.29, 0.717) is 5.92 Å². The van der Waals surface area contributed by atoms with Crippen LogP contribution in [0.4, 0.5) is 5.69 Å². The fraction of sp³-hybridized carbons (Fsp3) is 0.400. The molecular weight excluding hydrogens is 366 g/mol. The zero-order valence-electron chi connectivity index (χ0n) is 13.8. The van der Waals surface area contributed by atoms with E-state index in [-0.39, 0.29) is 17.9 Å². The number of benzene rings is 2. The van der Waals surface area contributed by atoms with Gasteiger partial charge < -0.3 is 15.2 Å². The van der Waals surface area contributed by atoms with Crippen molar-refractivity contribution in [3.8, 4) is 5.75 Å². The fourth-order valence-corrected chi connectivity index (χ4v) is 4.38. The van der Waals surface area contributed by atoms with Gasteiger partial charge in [0.1, 0.15) is 5.75 Å². The molecule has 3 nitrogen and oxygen atoms in total. The van der Waals surface area contributed by atoms with Gasteiger partial charge in [-0.3, -0.25) is 0 Å². The molecule has 1 fully saturated rings. The molecule has 1 saturated heterocycles. The molecule has 24 heavy (non-hydrogen) atoms. The molecule has 2 N–H and O–H groups in total. The number of phenolic OH excluding ortho intramolecular Hbond substituents is 1. The van der Waals surface area contributed by atoms with E-state index in [9.17, 15) is 5.11 Å². The Bertz CT molecular complexity index is 761. The van der Waals surface area contributed by atoms with E-state index in [1.54, 1.807) is 6.07 Å². The summed E-state index contributed by atoms with van der Waals surface area (Å²) in [6.45, 7) is 3.02. The molecule has 4 heteroatoms. The lowest BCUT2D eigenvalue weighted by Gasteiger charge is -2.43. The van der Waals surface area contributed by atoms with Gasteiger partial charge in [-0.25, -0.2) is 0 Å². The third-order valence-electron chi connectivity index (χ3n) is 5.27. The molecule has 2 aliphatic heterocycles. The largest absolute Gasteiger partial charge is 0.507 e. The Morgan fingerprint density at radius 3 is 2.92 bits per heavy atom. The number of anilines is 1. The molecule has 2 aromatic rings. The Morgan fingerprint density at radius 1 is 1.25 bits per heavy atom. The molecule has 0 saturated carbocycles. The summed E-state index contributed by atoms with van der Waals surface area (Å²) in [5, 5.41) is 13.5. The van der Waals surface area contributed by atoms with Gasteiger partial charge in [-0.1, -0.05) is 25.1 Å². The summed E-state index contributed by atoms with van der Waals surface area (Å²) >= 11 is 3.44. The SMILES string of the molecule is CCc1ccc2c(c1)C1OCCCC1C(c1ccc(O)c(Br)c1)N2. The lowest BCUT2D eigenvalue weighted by Crippen LogP contribution is -2.36. The van der Waals surface area contributed by atoms with Crippen molar-refractivity contribution in [2.75, 3.05) is 11.9 Å². The second-order valence-electron chi connectivity index (χ2n) is 6.71. The predicted octanol–water partition coefficient (Wildman–Crippen LogP) is 5.35. The van der Waals surface area contributed by atoms with Crippen molar-refractivity contribution in [3.05, 3.63) is 57.6 Å². The number of hydrogen-bond donors (Lipinski definition) is 2. The highest BCUT2D eigenvalue weighted by Crippen LogP contribution is 2.49. The summed E-state index contributed by atoms with van der Waals surface area (Å²) in [6, 6.07) is 12.7. The molecule has 0 aliphatic carbocycles. The molecule has 0 bridgehead atoms. The maximum absolute atomic E-state index is 9.80. The molecule has 0 amide bonds. The quantitative estimate of drug-likeness (QED) is 0.729. The van der Waals surface area contributed by atoms with Crippen molar-refractivity contribution in [3.63, 3.8) is 0 Å². The smallest absolute Gasteiger partial charge is 0.129 e. The lowest BCUT2D eigenvalue weighted by molar-refractivity contribution is -0.0381. The molecule has 2 aliphatic rings. The molecule has 3 unspecified atom stereocenters. The standard InChI is InChI=1S/C20H22BrNO2/c1-2-12-5-7-17-15(10-12)20-14(4-3-9-24-20)19(22-17)13-6-8-18(23)16(21)11-13/h5-8,10-11,14,19-20,22-23H,2-4,9H2,1H3. The first-order chi connectivity index (χ1) is 11.7.